The third-order valence-electron chi connectivity index (χ3n) is 5.73. The summed E-state index contributed by atoms with van der Waals surface area (Å²) in [5.41, 5.74) is 1.42. The molecule has 0 aliphatic carbocycles. The van der Waals surface area contributed by atoms with Crippen molar-refractivity contribution in [1.82, 2.24) is 14.5 Å². The van der Waals surface area contributed by atoms with Crippen LogP contribution in [0.25, 0.3) is 11.5 Å². The van der Waals surface area contributed by atoms with Gasteiger partial charge in [-0.15, -0.1) is 0 Å². The second-order valence-electron chi connectivity index (χ2n) is 8.35. The fourth-order valence-electron chi connectivity index (χ4n) is 3.75. The molecule has 2 aromatic heterocycles. The first-order valence-corrected chi connectivity index (χ1v) is 11.9. The molecule has 10 heteroatoms. The number of morpholine rings is 1. The third kappa shape index (κ3) is 6.07. The highest BCUT2D eigenvalue weighted by Crippen LogP contribution is 2.23. The highest BCUT2D eigenvalue weighted by atomic mass is 16.5. The topological polar surface area (TPSA) is 112 Å². The number of rotatable bonds is 10. The quantitative estimate of drug-likeness (QED) is 0.344. The number of ether oxygens (including phenoxy) is 2. The number of nitrogens with one attached hydrogen (secondary N) is 1. The Morgan fingerprint density at radius 1 is 1.23 bits per heavy atom. The van der Waals surface area contributed by atoms with Gasteiger partial charge in [0.15, 0.2) is 0 Å². The highest BCUT2D eigenvalue weighted by Gasteiger charge is 2.22. The van der Waals surface area contributed by atoms with Gasteiger partial charge in [-0.2, -0.15) is 0 Å². The predicted octanol–water partition coefficient (Wildman–Crippen LogP) is 3.25. The van der Waals surface area contributed by atoms with Crippen LogP contribution in [0.5, 0.6) is 0 Å². The van der Waals surface area contributed by atoms with E-state index in [0.717, 1.165) is 18.4 Å². The summed E-state index contributed by atoms with van der Waals surface area (Å²) in [5.74, 6) is 0.463. The molecular weight excluding hydrogens is 450 g/mol. The number of esters is 1. The van der Waals surface area contributed by atoms with E-state index in [1.54, 1.807) is 6.26 Å². The summed E-state index contributed by atoms with van der Waals surface area (Å²) in [6, 6.07) is 9.26. The predicted molar refractivity (Wildman–Crippen MR) is 131 cm³/mol. The van der Waals surface area contributed by atoms with Gasteiger partial charge in [-0.25, -0.2) is 9.97 Å². The smallest absolute Gasteiger partial charge is 0.326 e. The minimum absolute atomic E-state index is 0.214. The van der Waals surface area contributed by atoms with Crippen molar-refractivity contribution >= 4 is 17.6 Å². The zero-order valence-corrected chi connectivity index (χ0v) is 20.1. The summed E-state index contributed by atoms with van der Waals surface area (Å²) in [7, 11) is 0. The molecule has 0 amide bonds. The number of carbonyl (C=O) groups excluding carboxylic acids is 1. The minimum Gasteiger partial charge on any atom is -0.464 e. The molecule has 1 aliphatic rings. The Balaban J connectivity index is 1.56. The molecule has 10 nitrogen and oxygen atoms in total. The molecule has 1 saturated heterocycles. The van der Waals surface area contributed by atoms with Crippen LogP contribution < -0.4 is 15.8 Å². The normalized spacial score (nSPS) is 14.5. The fraction of sp³-hybridized carbons (Fsp3) is 0.440. The van der Waals surface area contributed by atoms with Crippen molar-refractivity contribution in [3.8, 4) is 11.5 Å². The molecule has 0 radical (unpaired) electrons. The monoisotopic (exact) mass is 481 g/mol. The second-order valence-corrected chi connectivity index (χ2v) is 8.35. The van der Waals surface area contributed by atoms with Crippen LogP contribution in [-0.4, -0.2) is 53.4 Å². The molecule has 35 heavy (non-hydrogen) atoms. The molecule has 0 saturated carbocycles. The molecule has 1 aliphatic heterocycles. The van der Waals surface area contributed by atoms with E-state index in [1.807, 2.05) is 49.1 Å². The summed E-state index contributed by atoms with van der Waals surface area (Å²) in [4.78, 5) is 36.9. The van der Waals surface area contributed by atoms with Crippen molar-refractivity contribution in [2.75, 3.05) is 43.1 Å². The lowest BCUT2D eigenvalue weighted by Gasteiger charge is -2.29. The lowest BCUT2D eigenvalue weighted by Crippen LogP contribution is -2.41. The van der Waals surface area contributed by atoms with E-state index in [9.17, 15) is 9.59 Å². The van der Waals surface area contributed by atoms with Crippen LogP contribution in [0.2, 0.25) is 0 Å². The number of carbonyl (C=O) groups is 1. The second kappa shape index (κ2) is 11.7. The van der Waals surface area contributed by atoms with Crippen molar-refractivity contribution < 1.29 is 18.7 Å². The van der Waals surface area contributed by atoms with E-state index in [4.69, 9.17) is 13.9 Å². The minimum atomic E-state index is -0.467. The van der Waals surface area contributed by atoms with Gasteiger partial charge in [0, 0.05) is 18.7 Å². The summed E-state index contributed by atoms with van der Waals surface area (Å²) < 4.78 is 17.7. The van der Waals surface area contributed by atoms with Gasteiger partial charge in [0.2, 0.25) is 11.8 Å². The largest absolute Gasteiger partial charge is 0.464 e. The average Bonchev–Trinajstić information content (AvgIpc) is 3.38. The molecule has 1 fully saturated rings. The number of nitrogens with zero attached hydrogens (tertiary/aromatic N) is 4. The van der Waals surface area contributed by atoms with Crippen LogP contribution >= 0.6 is 0 Å². The Morgan fingerprint density at radius 3 is 2.74 bits per heavy atom. The zero-order chi connectivity index (χ0) is 24.6. The summed E-state index contributed by atoms with van der Waals surface area (Å²) in [5, 5.41) is 3.17. The van der Waals surface area contributed by atoms with E-state index in [2.05, 4.69) is 15.3 Å². The van der Waals surface area contributed by atoms with Crippen molar-refractivity contribution in [2.24, 2.45) is 0 Å². The average molecular weight is 482 g/mol. The van der Waals surface area contributed by atoms with Gasteiger partial charge in [0.1, 0.15) is 24.2 Å². The molecule has 0 spiro atoms. The zero-order valence-electron chi connectivity index (χ0n) is 20.1. The number of oxazole rings is 1. The molecule has 3 aromatic rings. The number of anilines is 2. The summed E-state index contributed by atoms with van der Waals surface area (Å²) >= 11 is 0. The standard InChI is InChI=1S/C25H31N5O5/c1-3-4-12-34-22(31)16-30-24(32)20(15-26-25(30)29-10-13-33-14-11-29)27-18(2)21-17-35-23(28-21)19-8-6-5-7-9-19/h5-9,15,17-18,27H,3-4,10-14,16H2,1-2H3/t18-/m1/s1. The first-order chi connectivity index (χ1) is 17.1. The molecule has 3 heterocycles. The number of unbranched alkanes of at least 4 members (excludes halogenated alkanes) is 1. The number of aromatic nitrogens is 3. The molecule has 0 bridgehead atoms. The molecule has 186 valence electrons. The summed E-state index contributed by atoms with van der Waals surface area (Å²) in [6.45, 7) is 6.25. The first kappa shape index (κ1) is 24.5. The molecule has 1 atom stereocenters. The van der Waals surface area contributed by atoms with Crippen LogP contribution in [0.3, 0.4) is 0 Å². The van der Waals surface area contributed by atoms with Crippen molar-refractivity contribution in [3.05, 3.63) is 58.8 Å². The van der Waals surface area contributed by atoms with E-state index in [1.165, 1.54) is 10.8 Å². The van der Waals surface area contributed by atoms with Crippen molar-refractivity contribution in [1.29, 1.82) is 0 Å². The number of hydrogen-bond acceptors (Lipinski definition) is 9. The van der Waals surface area contributed by atoms with Crippen LogP contribution in [-0.2, 0) is 20.8 Å². The number of benzene rings is 1. The van der Waals surface area contributed by atoms with E-state index >= 15 is 0 Å². The third-order valence-corrected chi connectivity index (χ3v) is 5.73. The highest BCUT2D eigenvalue weighted by molar-refractivity contribution is 5.70. The molecule has 1 aromatic carbocycles. The molecular formula is C25H31N5O5. The van der Waals surface area contributed by atoms with Crippen molar-refractivity contribution in [2.45, 2.75) is 39.3 Å². The van der Waals surface area contributed by atoms with Crippen LogP contribution in [0, 0.1) is 0 Å². The maximum absolute atomic E-state index is 13.4. The van der Waals surface area contributed by atoms with Gasteiger partial charge >= 0.3 is 5.97 Å². The Hall–Kier alpha value is -3.66. The lowest BCUT2D eigenvalue weighted by atomic mass is 10.2. The maximum Gasteiger partial charge on any atom is 0.326 e. The van der Waals surface area contributed by atoms with E-state index < -0.39 is 5.97 Å². The maximum atomic E-state index is 13.4. The Labute approximate surface area is 203 Å². The van der Waals surface area contributed by atoms with Crippen LogP contribution in [0.1, 0.15) is 38.4 Å². The first-order valence-electron chi connectivity index (χ1n) is 11.9. The van der Waals surface area contributed by atoms with Gasteiger partial charge in [-0.1, -0.05) is 31.5 Å². The van der Waals surface area contributed by atoms with Crippen LogP contribution in [0.15, 0.2) is 52.0 Å². The van der Waals surface area contributed by atoms with E-state index in [-0.39, 0.29) is 23.8 Å². The Kier molecular flexibility index (Phi) is 8.15. The van der Waals surface area contributed by atoms with Gasteiger partial charge in [0.05, 0.1) is 32.1 Å². The lowest BCUT2D eigenvalue weighted by molar-refractivity contribution is -0.144. The van der Waals surface area contributed by atoms with Gasteiger partial charge in [-0.05, 0) is 25.5 Å². The van der Waals surface area contributed by atoms with Gasteiger partial charge in [-0.3, -0.25) is 14.2 Å². The number of hydrogen-bond donors (Lipinski definition) is 1. The molecule has 4 rings (SSSR count). The Bertz CT molecular complexity index is 1170. The van der Waals surface area contributed by atoms with E-state index in [0.29, 0.717) is 50.4 Å². The SMILES string of the molecule is CCCCOC(=O)Cn1c(N2CCOCC2)ncc(N[C@H](C)c2coc(-c3ccccc3)n2)c1=O. The fourth-order valence-corrected chi connectivity index (χ4v) is 3.75. The molecule has 1 N–H and O–H groups in total. The summed E-state index contributed by atoms with van der Waals surface area (Å²) in [6.07, 6.45) is 4.76. The Morgan fingerprint density at radius 2 is 2.00 bits per heavy atom. The van der Waals surface area contributed by atoms with Gasteiger partial charge in [0.25, 0.3) is 5.56 Å². The van der Waals surface area contributed by atoms with Gasteiger partial charge < -0.3 is 24.1 Å². The molecule has 0 unspecified atom stereocenters. The van der Waals surface area contributed by atoms with Crippen LogP contribution in [0.4, 0.5) is 11.6 Å². The van der Waals surface area contributed by atoms with Crippen molar-refractivity contribution in [3.63, 3.8) is 0 Å².